The molecule has 0 saturated heterocycles. The summed E-state index contributed by atoms with van der Waals surface area (Å²) in [5, 5.41) is 0. The first kappa shape index (κ1) is 14.9. The second kappa shape index (κ2) is 5.46. The average Bonchev–Trinajstić information content (AvgIpc) is 2.95. The zero-order valence-electron chi connectivity index (χ0n) is 13.3. The number of rotatable bonds is 2. The van der Waals surface area contributed by atoms with E-state index in [-0.39, 0.29) is 0 Å². The molecule has 0 bridgehead atoms. The van der Waals surface area contributed by atoms with Gasteiger partial charge in [-0.1, -0.05) is 6.07 Å². The third-order valence-electron chi connectivity index (χ3n) is 5.03. The summed E-state index contributed by atoms with van der Waals surface area (Å²) in [6.45, 7) is 0.911. The number of sulfonamides is 1. The lowest BCUT2D eigenvalue weighted by Crippen LogP contribution is -2.36. The molecular weight excluding hydrogens is 310 g/mol. The van der Waals surface area contributed by atoms with Crippen LogP contribution in [0.25, 0.3) is 0 Å². The van der Waals surface area contributed by atoms with Crippen LogP contribution in [-0.2, 0) is 42.9 Å². The molecule has 0 spiro atoms. The van der Waals surface area contributed by atoms with Crippen LogP contribution in [0, 0.1) is 0 Å². The van der Waals surface area contributed by atoms with Crippen molar-refractivity contribution in [1.29, 1.82) is 0 Å². The van der Waals surface area contributed by atoms with Crippen LogP contribution in [0.15, 0.2) is 29.4 Å². The van der Waals surface area contributed by atoms with Crippen molar-refractivity contribution in [3.05, 3.63) is 47.0 Å². The van der Waals surface area contributed by atoms with Gasteiger partial charge < -0.3 is 4.57 Å². The van der Waals surface area contributed by atoms with Crippen molar-refractivity contribution in [3.8, 4) is 0 Å². The van der Waals surface area contributed by atoms with E-state index in [9.17, 15) is 8.42 Å². The van der Waals surface area contributed by atoms with Gasteiger partial charge in [0.05, 0.1) is 29.2 Å². The highest BCUT2D eigenvalue weighted by Gasteiger charge is 2.30. The lowest BCUT2D eigenvalue weighted by atomic mass is 9.92. The van der Waals surface area contributed by atoms with Crippen LogP contribution in [-0.4, -0.2) is 28.8 Å². The Labute approximate surface area is 137 Å². The molecule has 6 heteroatoms. The van der Waals surface area contributed by atoms with Gasteiger partial charge >= 0.3 is 0 Å². The molecule has 0 fully saturated rings. The van der Waals surface area contributed by atoms with Crippen molar-refractivity contribution < 1.29 is 8.42 Å². The van der Waals surface area contributed by atoms with Gasteiger partial charge in [-0.15, -0.1) is 0 Å². The highest BCUT2D eigenvalue weighted by molar-refractivity contribution is 7.89. The van der Waals surface area contributed by atoms with Crippen molar-refractivity contribution in [3.63, 3.8) is 0 Å². The SMILES string of the molecule is Cn1cnc2c1CN(S(=O)(=O)c1ccc3c(c1)CCCC3)CC2. The Bertz CT molecular complexity index is 855. The molecule has 5 nitrogen and oxygen atoms in total. The van der Waals surface area contributed by atoms with E-state index in [2.05, 4.69) is 4.98 Å². The summed E-state index contributed by atoms with van der Waals surface area (Å²) in [5.41, 5.74) is 4.53. The van der Waals surface area contributed by atoms with Crippen LogP contribution in [0.2, 0.25) is 0 Å². The summed E-state index contributed by atoms with van der Waals surface area (Å²) in [4.78, 5) is 4.78. The molecule has 1 aliphatic heterocycles. The molecule has 2 aliphatic rings. The summed E-state index contributed by atoms with van der Waals surface area (Å²) in [7, 11) is -1.52. The standard InChI is InChI=1S/C17H21N3O2S/c1-19-12-18-16-8-9-20(11-17(16)19)23(21,22)15-7-6-13-4-2-3-5-14(13)10-15/h6-7,10,12H,2-5,8-9,11H2,1H3. The summed E-state index contributed by atoms with van der Waals surface area (Å²) >= 11 is 0. The fourth-order valence-electron chi connectivity index (χ4n) is 3.62. The Morgan fingerprint density at radius 3 is 2.70 bits per heavy atom. The smallest absolute Gasteiger partial charge is 0.243 e. The number of imidazole rings is 1. The highest BCUT2D eigenvalue weighted by atomic mass is 32.2. The van der Waals surface area contributed by atoms with Crippen molar-refractivity contribution in [2.45, 2.75) is 43.5 Å². The number of benzene rings is 1. The summed E-state index contributed by atoms with van der Waals surface area (Å²) in [6, 6.07) is 5.67. The molecule has 0 N–H and O–H groups in total. The minimum atomic E-state index is -3.44. The Morgan fingerprint density at radius 2 is 1.87 bits per heavy atom. The second-order valence-corrected chi connectivity index (χ2v) is 8.41. The topological polar surface area (TPSA) is 55.2 Å². The minimum Gasteiger partial charge on any atom is -0.336 e. The number of aryl methyl sites for hydroxylation is 3. The maximum Gasteiger partial charge on any atom is 0.243 e. The van der Waals surface area contributed by atoms with E-state index in [4.69, 9.17) is 0 Å². The zero-order valence-corrected chi connectivity index (χ0v) is 14.1. The Balaban J connectivity index is 1.67. The predicted molar refractivity (Wildman–Crippen MR) is 87.6 cm³/mol. The van der Waals surface area contributed by atoms with Crippen LogP contribution in [0.1, 0.15) is 35.4 Å². The van der Waals surface area contributed by atoms with Gasteiger partial charge in [0.15, 0.2) is 0 Å². The van der Waals surface area contributed by atoms with Crippen molar-refractivity contribution in [1.82, 2.24) is 13.9 Å². The van der Waals surface area contributed by atoms with Crippen LogP contribution < -0.4 is 0 Å². The Morgan fingerprint density at radius 1 is 1.09 bits per heavy atom. The van der Waals surface area contributed by atoms with Crippen molar-refractivity contribution in [2.75, 3.05) is 6.54 Å². The number of nitrogens with zero attached hydrogens (tertiary/aromatic N) is 3. The third-order valence-corrected chi connectivity index (χ3v) is 6.87. The largest absolute Gasteiger partial charge is 0.336 e. The quantitative estimate of drug-likeness (QED) is 0.846. The summed E-state index contributed by atoms with van der Waals surface area (Å²) in [5.74, 6) is 0. The molecule has 1 aromatic heterocycles. The number of hydrogen-bond donors (Lipinski definition) is 0. The molecule has 0 radical (unpaired) electrons. The van der Waals surface area contributed by atoms with Gasteiger partial charge in [0.25, 0.3) is 0 Å². The third kappa shape index (κ3) is 2.50. The molecule has 122 valence electrons. The highest BCUT2D eigenvalue weighted by Crippen LogP contribution is 2.28. The Kier molecular flexibility index (Phi) is 3.54. The number of aromatic nitrogens is 2. The molecule has 0 saturated carbocycles. The predicted octanol–water partition coefficient (Wildman–Crippen LogP) is 2.05. The molecule has 0 atom stereocenters. The van der Waals surface area contributed by atoms with Gasteiger partial charge in [-0.05, 0) is 48.9 Å². The molecule has 2 aromatic rings. The maximum atomic E-state index is 13.0. The van der Waals surface area contributed by atoms with Gasteiger partial charge in [-0.3, -0.25) is 0 Å². The van der Waals surface area contributed by atoms with E-state index < -0.39 is 10.0 Å². The van der Waals surface area contributed by atoms with Gasteiger partial charge in [-0.25, -0.2) is 13.4 Å². The molecule has 23 heavy (non-hydrogen) atoms. The summed E-state index contributed by atoms with van der Waals surface area (Å²) in [6.07, 6.45) is 6.86. The maximum absolute atomic E-state index is 13.0. The lowest BCUT2D eigenvalue weighted by molar-refractivity contribution is 0.380. The van der Waals surface area contributed by atoms with Crippen molar-refractivity contribution >= 4 is 10.0 Å². The van der Waals surface area contributed by atoms with E-state index in [0.29, 0.717) is 24.4 Å². The Hall–Kier alpha value is -1.66. The van der Waals surface area contributed by atoms with E-state index in [0.717, 1.165) is 30.7 Å². The van der Waals surface area contributed by atoms with Crippen LogP contribution in [0.3, 0.4) is 0 Å². The normalized spacial score (nSPS) is 18.5. The van der Waals surface area contributed by atoms with Crippen LogP contribution in [0.4, 0.5) is 0 Å². The van der Waals surface area contributed by atoms with Crippen LogP contribution >= 0.6 is 0 Å². The fourth-order valence-corrected chi connectivity index (χ4v) is 5.07. The lowest BCUT2D eigenvalue weighted by Gasteiger charge is -2.27. The molecule has 1 aliphatic carbocycles. The summed E-state index contributed by atoms with van der Waals surface area (Å²) < 4.78 is 29.5. The van der Waals surface area contributed by atoms with E-state index >= 15 is 0 Å². The van der Waals surface area contributed by atoms with Gasteiger partial charge in [-0.2, -0.15) is 4.31 Å². The van der Waals surface area contributed by atoms with Gasteiger partial charge in [0, 0.05) is 20.0 Å². The molecular formula is C17H21N3O2S. The molecule has 4 rings (SSSR count). The molecule has 0 amide bonds. The number of fused-ring (bicyclic) bond motifs is 2. The zero-order chi connectivity index (χ0) is 16.0. The van der Waals surface area contributed by atoms with E-state index in [1.165, 1.54) is 17.5 Å². The minimum absolute atomic E-state index is 0.408. The van der Waals surface area contributed by atoms with Crippen molar-refractivity contribution in [2.24, 2.45) is 7.05 Å². The van der Waals surface area contributed by atoms with Crippen LogP contribution in [0.5, 0.6) is 0 Å². The fraction of sp³-hybridized carbons (Fsp3) is 0.471. The monoisotopic (exact) mass is 331 g/mol. The number of hydrogen-bond acceptors (Lipinski definition) is 3. The van der Waals surface area contributed by atoms with E-state index in [1.54, 1.807) is 16.7 Å². The molecule has 0 unspecified atom stereocenters. The molecule has 2 heterocycles. The van der Waals surface area contributed by atoms with Gasteiger partial charge in [0.2, 0.25) is 10.0 Å². The average molecular weight is 331 g/mol. The first-order valence-electron chi connectivity index (χ1n) is 8.17. The second-order valence-electron chi connectivity index (χ2n) is 6.48. The van der Waals surface area contributed by atoms with Gasteiger partial charge in [0.1, 0.15) is 0 Å². The first-order valence-corrected chi connectivity index (χ1v) is 9.61. The molecule has 1 aromatic carbocycles. The van der Waals surface area contributed by atoms with E-state index in [1.807, 2.05) is 23.7 Å². The first-order chi connectivity index (χ1) is 11.1.